The standard InChI is InChI=1S/C24H17BrS2/c25-16-7-10-23-20(13-16)18-8-5-15(12-24(18)27-23)14-6-9-22-19(11-14)17-3-1-2-4-21(17)26-22/h1-6,8-9,11-13,17,21H,7,10H2. The van der Waals surface area contributed by atoms with Gasteiger partial charge in [-0.1, -0.05) is 58.4 Å². The van der Waals surface area contributed by atoms with Crippen LogP contribution in [0.5, 0.6) is 0 Å². The van der Waals surface area contributed by atoms with E-state index >= 15 is 0 Å². The maximum atomic E-state index is 3.69. The normalized spacial score (nSPS) is 22.5. The fourth-order valence-corrected chi connectivity index (χ4v) is 7.35. The summed E-state index contributed by atoms with van der Waals surface area (Å²) in [6, 6.07) is 14.0. The first kappa shape index (κ1) is 16.4. The smallest absolute Gasteiger partial charge is 0.0381 e. The van der Waals surface area contributed by atoms with Crippen LogP contribution in [-0.2, 0) is 6.42 Å². The zero-order valence-corrected chi connectivity index (χ0v) is 17.8. The number of allylic oxidation sites excluding steroid dienone is 4. The molecule has 2 aromatic carbocycles. The highest BCUT2D eigenvalue weighted by atomic mass is 79.9. The molecule has 3 aliphatic rings. The van der Waals surface area contributed by atoms with Crippen molar-refractivity contribution < 1.29 is 0 Å². The van der Waals surface area contributed by atoms with E-state index in [1.165, 1.54) is 46.6 Å². The van der Waals surface area contributed by atoms with E-state index in [2.05, 4.69) is 82.7 Å². The molecule has 2 heterocycles. The minimum atomic E-state index is 0.523. The summed E-state index contributed by atoms with van der Waals surface area (Å²) in [6.45, 7) is 0. The third kappa shape index (κ3) is 2.63. The van der Waals surface area contributed by atoms with Gasteiger partial charge >= 0.3 is 0 Å². The topological polar surface area (TPSA) is 0 Å². The van der Waals surface area contributed by atoms with Gasteiger partial charge < -0.3 is 0 Å². The van der Waals surface area contributed by atoms with Crippen molar-refractivity contribution in [3.8, 4) is 11.1 Å². The largest absolute Gasteiger partial charge is 0.140 e. The first-order valence-electron chi connectivity index (χ1n) is 9.34. The molecule has 0 bridgehead atoms. The van der Waals surface area contributed by atoms with Crippen LogP contribution in [0.4, 0.5) is 0 Å². The molecule has 3 aromatic rings. The van der Waals surface area contributed by atoms with Gasteiger partial charge in [-0.05, 0) is 63.9 Å². The Kier molecular flexibility index (Phi) is 3.79. The van der Waals surface area contributed by atoms with Crippen molar-refractivity contribution in [3.63, 3.8) is 0 Å². The van der Waals surface area contributed by atoms with Crippen LogP contribution in [0, 0.1) is 0 Å². The zero-order valence-electron chi connectivity index (χ0n) is 14.6. The van der Waals surface area contributed by atoms with E-state index in [1.807, 2.05) is 23.1 Å². The summed E-state index contributed by atoms with van der Waals surface area (Å²) in [5.41, 5.74) is 5.58. The summed E-state index contributed by atoms with van der Waals surface area (Å²) >= 11 is 7.65. The highest BCUT2D eigenvalue weighted by Gasteiger charge is 2.31. The lowest BCUT2D eigenvalue weighted by Crippen LogP contribution is -2.06. The van der Waals surface area contributed by atoms with Crippen LogP contribution >= 0.6 is 39.0 Å². The molecule has 132 valence electrons. The molecule has 0 nitrogen and oxygen atoms in total. The maximum Gasteiger partial charge on any atom is 0.0381 e. The highest BCUT2D eigenvalue weighted by Crippen LogP contribution is 2.49. The molecule has 27 heavy (non-hydrogen) atoms. The molecule has 6 rings (SSSR count). The van der Waals surface area contributed by atoms with Gasteiger partial charge in [0.15, 0.2) is 0 Å². The molecule has 2 atom stereocenters. The van der Waals surface area contributed by atoms with Crippen LogP contribution in [0.3, 0.4) is 0 Å². The summed E-state index contributed by atoms with van der Waals surface area (Å²) in [4.78, 5) is 2.96. The van der Waals surface area contributed by atoms with Crippen molar-refractivity contribution in [2.45, 2.75) is 28.9 Å². The molecule has 0 saturated heterocycles. The molecule has 1 aliphatic heterocycles. The van der Waals surface area contributed by atoms with Gasteiger partial charge in [-0.3, -0.25) is 0 Å². The van der Waals surface area contributed by atoms with Crippen LogP contribution in [-0.4, -0.2) is 5.25 Å². The third-order valence-corrected chi connectivity index (χ3v) is 8.95. The number of hydrogen-bond donors (Lipinski definition) is 0. The second-order valence-electron chi connectivity index (χ2n) is 7.37. The van der Waals surface area contributed by atoms with Crippen molar-refractivity contribution in [3.05, 3.63) is 81.2 Å². The summed E-state index contributed by atoms with van der Waals surface area (Å²) in [6.07, 6.45) is 13.7. The number of halogens is 1. The van der Waals surface area contributed by atoms with Gasteiger partial charge in [-0.15, -0.1) is 23.1 Å². The minimum absolute atomic E-state index is 0.523. The number of thioether (sulfide) groups is 1. The molecule has 2 unspecified atom stereocenters. The number of thiophene rings is 1. The summed E-state index contributed by atoms with van der Waals surface area (Å²) in [5, 5.41) is 1.96. The van der Waals surface area contributed by atoms with Gasteiger partial charge in [0.25, 0.3) is 0 Å². The van der Waals surface area contributed by atoms with Crippen molar-refractivity contribution >= 4 is 55.2 Å². The lowest BCUT2D eigenvalue weighted by Gasteiger charge is -2.15. The van der Waals surface area contributed by atoms with E-state index in [0.717, 1.165) is 12.8 Å². The quantitative estimate of drug-likeness (QED) is 0.363. The van der Waals surface area contributed by atoms with Gasteiger partial charge in [-0.25, -0.2) is 0 Å². The van der Waals surface area contributed by atoms with Gasteiger partial charge in [0.2, 0.25) is 0 Å². The Morgan fingerprint density at radius 1 is 0.926 bits per heavy atom. The van der Waals surface area contributed by atoms with Crippen molar-refractivity contribution in [2.75, 3.05) is 0 Å². The van der Waals surface area contributed by atoms with Gasteiger partial charge in [0, 0.05) is 31.0 Å². The van der Waals surface area contributed by atoms with Crippen molar-refractivity contribution in [1.29, 1.82) is 0 Å². The average Bonchev–Trinajstić information content (AvgIpc) is 3.24. The average molecular weight is 449 g/mol. The van der Waals surface area contributed by atoms with E-state index < -0.39 is 0 Å². The molecule has 0 radical (unpaired) electrons. The lowest BCUT2D eigenvalue weighted by molar-refractivity contribution is 0.881. The zero-order chi connectivity index (χ0) is 18.0. The first-order valence-corrected chi connectivity index (χ1v) is 11.8. The second kappa shape index (κ2) is 6.23. The minimum Gasteiger partial charge on any atom is -0.140 e. The first-order chi connectivity index (χ1) is 13.3. The van der Waals surface area contributed by atoms with E-state index in [0.29, 0.717) is 11.2 Å². The molecule has 0 saturated carbocycles. The molecular weight excluding hydrogens is 432 g/mol. The molecule has 0 amide bonds. The molecule has 1 aromatic heterocycles. The Hall–Kier alpha value is -1.55. The Bertz CT molecular complexity index is 1180. The van der Waals surface area contributed by atoms with Crippen LogP contribution in [0.15, 0.2) is 70.1 Å². The second-order valence-corrected chi connectivity index (χ2v) is 10.7. The Morgan fingerprint density at radius 3 is 2.74 bits per heavy atom. The van der Waals surface area contributed by atoms with E-state index in [-0.39, 0.29) is 0 Å². The molecule has 2 aliphatic carbocycles. The monoisotopic (exact) mass is 448 g/mol. The molecule has 0 spiro atoms. The molecular formula is C24H17BrS2. The van der Waals surface area contributed by atoms with Crippen molar-refractivity contribution in [1.82, 2.24) is 0 Å². The molecule has 0 N–H and O–H groups in total. The number of benzene rings is 2. The van der Waals surface area contributed by atoms with Crippen molar-refractivity contribution in [2.24, 2.45) is 0 Å². The number of rotatable bonds is 1. The Morgan fingerprint density at radius 2 is 1.78 bits per heavy atom. The fourth-order valence-electron chi connectivity index (χ4n) is 4.37. The molecule has 3 heteroatoms. The summed E-state index contributed by atoms with van der Waals surface area (Å²) < 4.78 is 2.73. The van der Waals surface area contributed by atoms with Crippen LogP contribution in [0.1, 0.15) is 28.3 Å². The van der Waals surface area contributed by atoms with Crippen LogP contribution in [0.2, 0.25) is 0 Å². The maximum absolute atomic E-state index is 3.69. The fraction of sp³-hybridized carbons (Fsp3) is 0.167. The molecule has 0 fully saturated rings. The summed E-state index contributed by atoms with van der Waals surface area (Å²) in [7, 11) is 0. The summed E-state index contributed by atoms with van der Waals surface area (Å²) in [5.74, 6) is 0.523. The van der Waals surface area contributed by atoms with Gasteiger partial charge in [0.1, 0.15) is 0 Å². The number of aryl methyl sites for hydroxylation is 1. The van der Waals surface area contributed by atoms with E-state index in [4.69, 9.17) is 0 Å². The Balaban J connectivity index is 1.44. The predicted octanol–water partition coefficient (Wildman–Crippen LogP) is 7.93. The lowest BCUT2D eigenvalue weighted by atomic mass is 9.90. The number of fused-ring (bicyclic) bond motifs is 6. The van der Waals surface area contributed by atoms with Gasteiger partial charge in [-0.2, -0.15) is 0 Å². The third-order valence-electron chi connectivity index (χ3n) is 5.75. The van der Waals surface area contributed by atoms with E-state index in [9.17, 15) is 0 Å². The van der Waals surface area contributed by atoms with E-state index in [1.54, 1.807) is 0 Å². The SMILES string of the molecule is BrC1=Cc2c(sc3cc(-c4ccc5c(c4)C4C=CC=CC4S5)ccc23)CC1. The Labute approximate surface area is 175 Å². The predicted molar refractivity (Wildman–Crippen MR) is 123 cm³/mol. The highest BCUT2D eigenvalue weighted by molar-refractivity contribution is 9.11. The van der Waals surface area contributed by atoms with Gasteiger partial charge in [0.05, 0.1) is 0 Å². The van der Waals surface area contributed by atoms with Crippen LogP contribution in [0.25, 0.3) is 27.3 Å². The number of hydrogen-bond acceptors (Lipinski definition) is 2. The van der Waals surface area contributed by atoms with Crippen LogP contribution < -0.4 is 0 Å².